The number of amides is 1. The second-order valence-corrected chi connectivity index (χ2v) is 6.23. The lowest BCUT2D eigenvalue weighted by Crippen LogP contribution is -2.15. The van der Waals surface area contributed by atoms with Crippen LogP contribution in [-0.4, -0.2) is 5.91 Å². The van der Waals surface area contributed by atoms with Crippen LogP contribution in [0.3, 0.4) is 0 Å². The van der Waals surface area contributed by atoms with Crippen LogP contribution in [-0.2, 0) is 4.79 Å². The van der Waals surface area contributed by atoms with Gasteiger partial charge in [0.1, 0.15) is 0 Å². The van der Waals surface area contributed by atoms with Gasteiger partial charge in [-0.2, -0.15) is 5.26 Å². The molecule has 3 rings (SSSR count). The summed E-state index contributed by atoms with van der Waals surface area (Å²) in [5, 5.41) is 11.7. The summed E-state index contributed by atoms with van der Waals surface area (Å²) in [7, 11) is 0. The van der Waals surface area contributed by atoms with Crippen molar-refractivity contribution < 1.29 is 4.79 Å². The fourth-order valence-electron chi connectivity index (χ4n) is 3.39. The normalized spacial score (nSPS) is 20.0. The van der Waals surface area contributed by atoms with Crippen molar-refractivity contribution in [2.24, 2.45) is 5.92 Å². The van der Waals surface area contributed by atoms with Gasteiger partial charge in [-0.05, 0) is 60.9 Å². The predicted molar refractivity (Wildman–Crippen MR) is 90.9 cm³/mol. The van der Waals surface area contributed by atoms with E-state index in [0.717, 1.165) is 18.5 Å². The summed E-state index contributed by atoms with van der Waals surface area (Å²) in [5.74, 6) is 1.11. The smallest absolute Gasteiger partial charge is 0.224 e. The van der Waals surface area contributed by atoms with E-state index in [1.807, 2.05) is 6.07 Å². The number of hydrogen-bond acceptors (Lipinski definition) is 2. The number of nitrogens with zero attached hydrogens (tertiary/aromatic N) is 1. The van der Waals surface area contributed by atoms with E-state index < -0.39 is 0 Å². The van der Waals surface area contributed by atoms with E-state index in [9.17, 15) is 4.79 Å². The molecule has 2 aromatic rings. The third-order valence-corrected chi connectivity index (χ3v) is 4.58. The molecule has 0 bridgehead atoms. The van der Waals surface area contributed by atoms with E-state index >= 15 is 0 Å². The predicted octanol–water partition coefficient (Wildman–Crippen LogP) is 4.47. The van der Waals surface area contributed by atoms with Gasteiger partial charge in [0, 0.05) is 12.1 Å². The summed E-state index contributed by atoms with van der Waals surface area (Å²) in [6.45, 7) is 0. The van der Waals surface area contributed by atoms with E-state index in [2.05, 4.69) is 35.7 Å². The standard InChI is InChI=1S/C20H20N2O/c21-14-15-7-10-19(11-8-15)22-20(23)13-16-6-9-18(12-16)17-4-2-1-3-5-17/h1-5,7-8,10-11,16,18H,6,9,12-13H2,(H,22,23)/t16-,18+/m0/s1. The maximum atomic E-state index is 12.2. The van der Waals surface area contributed by atoms with Crippen LogP contribution in [0.4, 0.5) is 5.69 Å². The number of anilines is 1. The number of carbonyl (C=O) groups is 1. The van der Waals surface area contributed by atoms with Crippen LogP contribution in [0.1, 0.15) is 42.7 Å². The first-order valence-electron chi connectivity index (χ1n) is 8.09. The Bertz CT molecular complexity index is 701. The molecule has 0 saturated heterocycles. The Labute approximate surface area is 137 Å². The zero-order chi connectivity index (χ0) is 16.1. The zero-order valence-electron chi connectivity index (χ0n) is 13.0. The molecule has 116 valence electrons. The summed E-state index contributed by atoms with van der Waals surface area (Å²) in [6.07, 6.45) is 3.94. The molecule has 2 atom stereocenters. The summed E-state index contributed by atoms with van der Waals surface area (Å²) in [6, 6.07) is 19.6. The highest BCUT2D eigenvalue weighted by Crippen LogP contribution is 2.39. The fourth-order valence-corrected chi connectivity index (χ4v) is 3.39. The van der Waals surface area contributed by atoms with E-state index in [1.54, 1.807) is 24.3 Å². The first kappa shape index (κ1) is 15.3. The van der Waals surface area contributed by atoms with Crippen molar-refractivity contribution in [1.29, 1.82) is 5.26 Å². The second-order valence-electron chi connectivity index (χ2n) is 6.23. The van der Waals surface area contributed by atoms with Gasteiger partial charge < -0.3 is 5.32 Å². The van der Waals surface area contributed by atoms with Gasteiger partial charge in [0.15, 0.2) is 0 Å². The minimum atomic E-state index is 0.0634. The molecule has 1 aliphatic carbocycles. The number of benzene rings is 2. The lowest BCUT2D eigenvalue weighted by molar-refractivity contribution is -0.117. The summed E-state index contributed by atoms with van der Waals surface area (Å²) in [5.41, 5.74) is 2.75. The first-order chi connectivity index (χ1) is 11.2. The highest BCUT2D eigenvalue weighted by Gasteiger charge is 2.27. The second kappa shape index (κ2) is 7.11. The molecule has 3 nitrogen and oxygen atoms in total. The van der Waals surface area contributed by atoms with Gasteiger partial charge >= 0.3 is 0 Å². The minimum absolute atomic E-state index is 0.0634. The molecular formula is C20H20N2O. The Kier molecular flexibility index (Phi) is 4.73. The Morgan fingerprint density at radius 1 is 1.09 bits per heavy atom. The van der Waals surface area contributed by atoms with Crippen molar-refractivity contribution in [3.05, 3.63) is 65.7 Å². The minimum Gasteiger partial charge on any atom is -0.326 e. The summed E-state index contributed by atoms with van der Waals surface area (Å²) in [4.78, 5) is 12.2. The molecule has 23 heavy (non-hydrogen) atoms. The SMILES string of the molecule is N#Cc1ccc(NC(=O)C[C@H]2CC[C@@H](c3ccccc3)C2)cc1. The molecule has 0 aliphatic heterocycles. The molecule has 0 spiro atoms. The summed E-state index contributed by atoms with van der Waals surface area (Å²) < 4.78 is 0. The van der Waals surface area contributed by atoms with Crippen LogP contribution >= 0.6 is 0 Å². The first-order valence-corrected chi connectivity index (χ1v) is 8.09. The number of rotatable bonds is 4. The van der Waals surface area contributed by atoms with Crippen LogP contribution in [0.2, 0.25) is 0 Å². The number of hydrogen-bond donors (Lipinski definition) is 1. The highest BCUT2D eigenvalue weighted by molar-refractivity contribution is 5.90. The number of carbonyl (C=O) groups excluding carboxylic acids is 1. The van der Waals surface area contributed by atoms with Crippen LogP contribution in [0, 0.1) is 17.2 Å². The van der Waals surface area contributed by atoms with Gasteiger partial charge in [0.25, 0.3) is 0 Å². The monoisotopic (exact) mass is 304 g/mol. The largest absolute Gasteiger partial charge is 0.326 e. The van der Waals surface area contributed by atoms with Crippen LogP contribution in [0.25, 0.3) is 0 Å². The molecule has 0 heterocycles. The third-order valence-electron chi connectivity index (χ3n) is 4.58. The number of nitrogens with one attached hydrogen (secondary N) is 1. The van der Waals surface area contributed by atoms with Gasteiger partial charge in [0.05, 0.1) is 11.6 Å². The van der Waals surface area contributed by atoms with Crippen LogP contribution in [0.5, 0.6) is 0 Å². The Balaban J connectivity index is 1.51. The van der Waals surface area contributed by atoms with E-state index in [0.29, 0.717) is 23.8 Å². The van der Waals surface area contributed by atoms with Crippen molar-refractivity contribution in [3.8, 4) is 6.07 Å². The van der Waals surface area contributed by atoms with Crippen molar-refractivity contribution in [2.75, 3.05) is 5.32 Å². The van der Waals surface area contributed by atoms with E-state index in [1.165, 1.54) is 12.0 Å². The maximum absolute atomic E-state index is 12.2. The van der Waals surface area contributed by atoms with Crippen molar-refractivity contribution in [2.45, 2.75) is 31.6 Å². The molecular weight excluding hydrogens is 284 g/mol. The number of nitriles is 1. The molecule has 3 heteroatoms. The van der Waals surface area contributed by atoms with Crippen molar-refractivity contribution in [3.63, 3.8) is 0 Å². The average Bonchev–Trinajstić information content (AvgIpc) is 3.04. The molecule has 1 amide bonds. The van der Waals surface area contributed by atoms with Crippen molar-refractivity contribution >= 4 is 11.6 Å². The molecule has 0 unspecified atom stereocenters. The lowest BCUT2D eigenvalue weighted by atomic mass is 9.95. The Morgan fingerprint density at radius 3 is 2.52 bits per heavy atom. The van der Waals surface area contributed by atoms with Crippen LogP contribution in [0.15, 0.2) is 54.6 Å². The fraction of sp³-hybridized carbons (Fsp3) is 0.300. The molecule has 0 radical (unpaired) electrons. The Hall–Kier alpha value is -2.60. The van der Waals surface area contributed by atoms with Gasteiger partial charge in [-0.15, -0.1) is 0 Å². The molecule has 0 aromatic heterocycles. The van der Waals surface area contributed by atoms with Crippen LogP contribution < -0.4 is 5.32 Å². The van der Waals surface area contributed by atoms with E-state index in [-0.39, 0.29) is 5.91 Å². The lowest BCUT2D eigenvalue weighted by Gasteiger charge is -2.12. The third kappa shape index (κ3) is 3.98. The average molecular weight is 304 g/mol. The molecule has 1 N–H and O–H groups in total. The molecule has 1 aliphatic rings. The zero-order valence-corrected chi connectivity index (χ0v) is 13.0. The topological polar surface area (TPSA) is 52.9 Å². The maximum Gasteiger partial charge on any atom is 0.224 e. The summed E-state index contributed by atoms with van der Waals surface area (Å²) >= 11 is 0. The van der Waals surface area contributed by atoms with Gasteiger partial charge in [-0.1, -0.05) is 30.3 Å². The highest BCUT2D eigenvalue weighted by atomic mass is 16.1. The Morgan fingerprint density at radius 2 is 1.83 bits per heavy atom. The molecule has 2 aromatic carbocycles. The quantitative estimate of drug-likeness (QED) is 0.906. The van der Waals surface area contributed by atoms with Gasteiger partial charge in [-0.3, -0.25) is 4.79 Å². The van der Waals surface area contributed by atoms with Crippen molar-refractivity contribution in [1.82, 2.24) is 0 Å². The van der Waals surface area contributed by atoms with Gasteiger partial charge in [-0.25, -0.2) is 0 Å². The molecule has 1 saturated carbocycles. The van der Waals surface area contributed by atoms with E-state index in [4.69, 9.17) is 5.26 Å². The molecule has 1 fully saturated rings. The van der Waals surface area contributed by atoms with Gasteiger partial charge in [0.2, 0.25) is 5.91 Å².